The topological polar surface area (TPSA) is 82.1 Å². The van der Waals surface area contributed by atoms with Crippen LogP contribution in [0.3, 0.4) is 0 Å². The highest BCUT2D eigenvalue weighted by molar-refractivity contribution is 6.43. The van der Waals surface area contributed by atoms with E-state index in [2.05, 4.69) is 22.3 Å². The third-order valence-electron chi connectivity index (χ3n) is 6.47. The number of hydrogen-bond acceptors (Lipinski definition) is 6. The number of carbonyl (C=O) groups is 2. The lowest BCUT2D eigenvalue weighted by molar-refractivity contribution is -0.112. The van der Waals surface area contributed by atoms with E-state index in [9.17, 15) is 14.7 Å². The number of fused-ring (bicyclic) bond motifs is 1. The Morgan fingerprint density at radius 2 is 1.75 bits per heavy atom. The molecule has 36 heavy (non-hydrogen) atoms. The third-order valence-corrected chi connectivity index (χ3v) is 6.47. The van der Waals surface area contributed by atoms with Gasteiger partial charge >= 0.3 is 6.09 Å². The number of nitrogens with zero attached hydrogens (tertiary/aromatic N) is 2. The maximum atomic E-state index is 13.7. The number of anilines is 2. The summed E-state index contributed by atoms with van der Waals surface area (Å²) >= 11 is 0. The Labute approximate surface area is 210 Å². The number of rotatable bonds is 6. The predicted octanol–water partition coefficient (Wildman–Crippen LogP) is 4.74. The Kier molecular flexibility index (Phi) is 6.84. The molecule has 2 aliphatic rings. The third kappa shape index (κ3) is 4.76. The first-order valence-electron chi connectivity index (χ1n) is 12.2. The highest BCUT2D eigenvalue weighted by Crippen LogP contribution is 2.41. The van der Waals surface area contributed by atoms with Crippen LogP contribution in [-0.4, -0.2) is 47.8 Å². The number of benzene rings is 3. The summed E-state index contributed by atoms with van der Waals surface area (Å²) in [7, 11) is 0. The Balaban J connectivity index is 1.51. The molecular formula is C29H29N3O4. The average Bonchev–Trinajstić information content (AvgIpc) is 3.43. The molecule has 1 saturated heterocycles. The Hall–Kier alpha value is -3.94. The van der Waals surface area contributed by atoms with Crippen LogP contribution in [0.1, 0.15) is 30.0 Å². The molecule has 5 rings (SSSR count). The monoisotopic (exact) mass is 483 g/mol. The summed E-state index contributed by atoms with van der Waals surface area (Å²) in [6.07, 6.45) is -0.118. The van der Waals surface area contributed by atoms with Crippen LogP contribution in [0.4, 0.5) is 16.2 Å². The van der Waals surface area contributed by atoms with Crippen LogP contribution < -0.4 is 10.2 Å². The van der Waals surface area contributed by atoms with Gasteiger partial charge < -0.3 is 15.2 Å². The smallest absolute Gasteiger partial charge is 0.421 e. The quantitative estimate of drug-likeness (QED) is 0.493. The number of para-hydroxylation sites is 1. The molecule has 0 aromatic heterocycles. The lowest BCUT2D eigenvalue weighted by Crippen LogP contribution is -2.34. The molecule has 1 fully saturated rings. The standard InChI is InChI=1S/C29H29N3O4/c1-2-36-29(35)32-25-11-7-6-10-24(25)26(28(32)34)27(21-8-4-3-5-9-21)30-22-14-12-20(13-15-22)18-31-17-16-23(33)19-31/h3-15,23,30,33H,2,16-19H2,1H3/b27-26-. The van der Waals surface area contributed by atoms with Gasteiger partial charge in [0.05, 0.1) is 29.7 Å². The maximum Gasteiger partial charge on any atom is 0.421 e. The first-order valence-corrected chi connectivity index (χ1v) is 12.2. The van der Waals surface area contributed by atoms with Crippen LogP contribution >= 0.6 is 0 Å². The second kappa shape index (κ2) is 10.4. The summed E-state index contributed by atoms with van der Waals surface area (Å²) in [5, 5.41) is 13.2. The molecule has 3 aromatic carbocycles. The first-order chi connectivity index (χ1) is 17.5. The van der Waals surface area contributed by atoms with E-state index in [1.54, 1.807) is 19.1 Å². The number of carbonyl (C=O) groups excluding carboxylic acids is 2. The van der Waals surface area contributed by atoms with E-state index in [0.717, 1.165) is 41.2 Å². The summed E-state index contributed by atoms with van der Waals surface area (Å²) < 4.78 is 5.18. The molecule has 2 amide bonds. The van der Waals surface area contributed by atoms with Crippen LogP contribution in [0.15, 0.2) is 78.9 Å². The molecule has 0 saturated carbocycles. The fraction of sp³-hybridized carbons (Fsp3) is 0.241. The Morgan fingerprint density at radius 1 is 1.03 bits per heavy atom. The molecule has 1 atom stereocenters. The number of ether oxygens (including phenoxy) is 1. The molecular weight excluding hydrogens is 454 g/mol. The molecule has 3 aromatic rings. The van der Waals surface area contributed by atoms with Crippen molar-refractivity contribution < 1.29 is 19.4 Å². The highest BCUT2D eigenvalue weighted by Gasteiger charge is 2.39. The van der Waals surface area contributed by atoms with Crippen molar-refractivity contribution in [3.05, 3.63) is 95.6 Å². The average molecular weight is 484 g/mol. The van der Waals surface area contributed by atoms with Crippen molar-refractivity contribution in [3.8, 4) is 0 Å². The summed E-state index contributed by atoms with van der Waals surface area (Å²) in [5.74, 6) is -0.426. The number of aliphatic hydroxyl groups excluding tert-OH is 1. The molecule has 0 bridgehead atoms. The number of likely N-dealkylation sites (tertiary alicyclic amines) is 1. The van der Waals surface area contributed by atoms with Crippen molar-refractivity contribution in [2.45, 2.75) is 26.0 Å². The summed E-state index contributed by atoms with van der Waals surface area (Å²) in [6, 6.07) is 25.0. The van der Waals surface area contributed by atoms with E-state index in [1.165, 1.54) is 0 Å². The number of imide groups is 1. The van der Waals surface area contributed by atoms with Crippen molar-refractivity contribution in [3.63, 3.8) is 0 Å². The van der Waals surface area contributed by atoms with Gasteiger partial charge in [-0.1, -0.05) is 60.7 Å². The minimum Gasteiger partial charge on any atom is -0.449 e. The summed E-state index contributed by atoms with van der Waals surface area (Å²) in [5.41, 5.74) is 5.03. The van der Waals surface area contributed by atoms with Gasteiger partial charge in [-0.25, -0.2) is 9.69 Å². The normalized spacial score (nSPS) is 18.8. The van der Waals surface area contributed by atoms with Crippen molar-refractivity contribution in [2.75, 3.05) is 29.9 Å². The van der Waals surface area contributed by atoms with E-state index in [0.29, 0.717) is 29.1 Å². The largest absolute Gasteiger partial charge is 0.449 e. The second-order valence-corrected chi connectivity index (χ2v) is 8.97. The van der Waals surface area contributed by atoms with Gasteiger partial charge in [0.1, 0.15) is 0 Å². The van der Waals surface area contributed by atoms with Gasteiger partial charge in [0, 0.05) is 30.9 Å². The fourth-order valence-electron chi connectivity index (χ4n) is 4.76. The van der Waals surface area contributed by atoms with Crippen LogP contribution in [-0.2, 0) is 16.1 Å². The van der Waals surface area contributed by atoms with Gasteiger partial charge in [0.15, 0.2) is 0 Å². The summed E-state index contributed by atoms with van der Waals surface area (Å²) in [6.45, 7) is 4.26. The van der Waals surface area contributed by atoms with Gasteiger partial charge in [0.25, 0.3) is 5.91 Å². The van der Waals surface area contributed by atoms with Crippen molar-refractivity contribution in [1.82, 2.24) is 4.90 Å². The van der Waals surface area contributed by atoms with Crippen molar-refractivity contribution in [2.24, 2.45) is 0 Å². The van der Waals surface area contributed by atoms with E-state index >= 15 is 0 Å². The molecule has 0 aliphatic carbocycles. The van der Waals surface area contributed by atoms with Crippen LogP contribution in [0, 0.1) is 0 Å². The molecule has 184 valence electrons. The zero-order valence-electron chi connectivity index (χ0n) is 20.2. The number of hydrogen-bond donors (Lipinski definition) is 2. The van der Waals surface area contributed by atoms with Gasteiger partial charge in [-0.05, 0) is 42.7 Å². The van der Waals surface area contributed by atoms with Crippen LogP contribution in [0.25, 0.3) is 11.3 Å². The van der Waals surface area contributed by atoms with Crippen molar-refractivity contribution in [1.29, 1.82) is 0 Å². The number of β-amino-alcohol motifs (C(OH)–C–C–N with tert-alkyl or cyclic N) is 1. The molecule has 2 heterocycles. The minimum absolute atomic E-state index is 0.177. The Morgan fingerprint density at radius 3 is 2.44 bits per heavy atom. The number of nitrogens with one attached hydrogen (secondary N) is 1. The number of aliphatic hydroxyl groups is 1. The van der Waals surface area contributed by atoms with Gasteiger partial charge in [-0.2, -0.15) is 0 Å². The molecule has 0 radical (unpaired) electrons. The van der Waals surface area contributed by atoms with Gasteiger partial charge in [0.2, 0.25) is 0 Å². The van der Waals surface area contributed by atoms with Crippen LogP contribution in [0.5, 0.6) is 0 Å². The molecule has 7 heteroatoms. The first kappa shape index (κ1) is 23.8. The molecule has 7 nitrogen and oxygen atoms in total. The summed E-state index contributed by atoms with van der Waals surface area (Å²) in [4.78, 5) is 29.7. The SMILES string of the molecule is CCOC(=O)N1C(=O)/C(=C(\Nc2ccc(CN3CCC(O)C3)cc2)c2ccccc2)c2ccccc21. The highest BCUT2D eigenvalue weighted by atomic mass is 16.6. The lowest BCUT2D eigenvalue weighted by Gasteiger charge is -2.17. The molecule has 0 spiro atoms. The van der Waals surface area contributed by atoms with Crippen LogP contribution in [0.2, 0.25) is 0 Å². The molecule has 1 unspecified atom stereocenters. The Bertz CT molecular complexity index is 1290. The zero-order chi connectivity index (χ0) is 25.1. The van der Waals surface area contributed by atoms with E-state index in [1.807, 2.05) is 54.6 Å². The van der Waals surface area contributed by atoms with Gasteiger partial charge in [-0.15, -0.1) is 0 Å². The lowest BCUT2D eigenvalue weighted by atomic mass is 10.00. The van der Waals surface area contributed by atoms with E-state index in [4.69, 9.17) is 4.74 Å². The second-order valence-electron chi connectivity index (χ2n) is 8.97. The fourth-order valence-corrected chi connectivity index (χ4v) is 4.76. The van der Waals surface area contributed by atoms with Gasteiger partial charge in [-0.3, -0.25) is 9.69 Å². The van der Waals surface area contributed by atoms with Crippen molar-refractivity contribution >= 4 is 34.6 Å². The maximum absolute atomic E-state index is 13.7. The van der Waals surface area contributed by atoms with E-state index in [-0.39, 0.29) is 12.7 Å². The molecule has 2 aliphatic heterocycles. The molecule has 2 N–H and O–H groups in total. The predicted molar refractivity (Wildman–Crippen MR) is 140 cm³/mol. The zero-order valence-corrected chi connectivity index (χ0v) is 20.2. The minimum atomic E-state index is -0.686. The number of amides is 2. The van der Waals surface area contributed by atoms with E-state index < -0.39 is 12.0 Å².